The van der Waals surface area contributed by atoms with Crippen LogP contribution in [0.4, 0.5) is 0 Å². The van der Waals surface area contributed by atoms with Gasteiger partial charge in [-0.3, -0.25) is 24.0 Å². The summed E-state index contributed by atoms with van der Waals surface area (Å²) in [6, 6.07) is -3.04. The van der Waals surface area contributed by atoms with Crippen molar-refractivity contribution in [3.05, 3.63) is 0 Å². The Morgan fingerprint density at radius 2 is 0.759 bits per heavy atom. The molecule has 9 N–H and O–H groups in total. The first-order chi connectivity index (χ1) is 38.2. The molecule has 16 heteroatoms. The highest BCUT2D eigenvalue weighted by atomic mass is 32.2. The molecule has 0 bridgehead atoms. The summed E-state index contributed by atoms with van der Waals surface area (Å²) in [7, 11) is 0. The average Bonchev–Trinajstić information content (AvgIpc) is 3.43. The highest BCUT2D eigenvalue weighted by Crippen LogP contribution is 2.29. The highest BCUT2D eigenvalue weighted by Gasteiger charge is 2.34. The zero-order chi connectivity index (χ0) is 58.9. The molecule has 0 fully saturated rings. The van der Waals surface area contributed by atoms with E-state index in [4.69, 9.17) is 42.3 Å². The molecule has 0 radical (unpaired) electrons. The third kappa shape index (κ3) is 55.5. The van der Waals surface area contributed by atoms with Crippen molar-refractivity contribution in [3.63, 3.8) is 0 Å². The van der Waals surface area contributed by atoms with Gasteiger partial charge < -0.3 is 47.0 Å². The second-order valence-electron chi connectivity index (χ2n) is 22.4. The van der Waals surface area contributed by atoms with E-state index in [9.17, 15) is 28.8 Å². The fourth-order valence-corrected chi connectivity index (χ4v) is 10.0. The number of carbonyl (C=O) groups excluding carboxylic acids is 5. The van der Waals surface area contributed by atoms with Gasteiger partial charge in [-0.2, -0.15) is 0 Å². The second-order valence-corrected chi connectivity index (χ2v) is 23.9. The number of hydrogen-bond acceptors (Lipinski definition) is 15. The lowest BCUT2D eigenvalue weighted by molar-refractivity contribution is -0.161. The van der Waals surface area contributed by atoms with Crippen LogP contribution in [0.3, 0.4) is 0 Å². The lowest BCUT2D eigenvalue weighted by Gasteiger charge is -2.29. The number of carboxylic acid groups (broad SMARTS) is 1. The molecule has 1 unspecified atom stereocenters. The maximum Gasteiger partial charge on any atom is 0.331 e. The van der Waals surface area contributed by atoms with Crippen LogP contribution in [0.25, 0.3) is 0 Å². The Hall–Kier alpha value is -2.79. The van der Waals surface area contributed by atoms with Crippen LogP contribution >= 0.6 is 11.8 Å². The van der Waals surface area contributed by atoms with Gasteiger partial charge in [-0.05, 0) is 45.6 Å². The van der Waals surface area contributed by atoms with Crippen molar-refractivity contribution >= 4 is 47.6 Å². The molecule has 79 heavy (non-hydrogen) atoms. The molecule has 466 valence electrons. The van der Waals surface area contributed by atoms with Crippen LogP contribution < -0.4 is 22.9 Å². The maximum absolute atomic E-state index is 13.1. The van der Waals surface area contributed by atoms with Crippen molar-refractivity contribution in [2.24, 2.45) is 22.9 Å². The van der Waals surface area contributed by atoms with E-state index < -0.39 is 46.9 Å². The molecule has 0 spiro atoms. The van der Waals surface area contributed by atoms with Gasteiger partial charge >= 0.3 is 35.8 Å². The van der Waals surface area contributed by atoms with Crippen LogP contribution in [-0.4, -0.2) is 89.5 Å². The number of aliphatic carboxylic acids is 1. The minimum atomic E-state index is -1.23. The van der Waals surface area contributed by atoms with E-state index >= 15 is 0 Å². The molecule has 0 aliphatic heterocycles. The van der Waals surface area contributed by atoms with Crippen molar-refractivity contribution in [2.75, 3.05) is 25.5 Å². The van der Waals surface area contributed by atoms with E-state index in [-0.39, 0.29) is 43.7 Å². The smallest absolute Gasteiger partial charge is 0.331 e. The molecule has 0 aliphatic rings. The Bertz CT molecular complexity index is 1460. The monoisotopic (exact) mass is 1140 g/mol. The SMILES string of the molecule is CCCCCCCCCCCCCCCC(=O)OC[C@](C)(OC(=O)CCCCCCCCCCCCCCC)SC[C@@H](N)C(=O)OC(=O)CCCCCCCCCCCCCCC.NCCCCC(N)C(=O)OC[C@H](N)C(=O)O. The van der Waals surface area contributed by atoms with Crippen molar-refractivity contribution in [2.45, 2.75) is 340 Å². The number of esters is 5. The molecular weight excluding hydrogens is 1020 g/mol. The molecule has 0 saturated heterocycles. The predicted molar refractivity (Wildman–Crippen MR) is 325 cm³/mol. The van der Waals surface area contributed by atoms with E-state index in [1.807, 2.05) is 0 Å². The van der Waals surface area contributed by atoms with Crippen LogP contribution in [0, 0.1) is 0 Å². The summed E-state index contributed by atoms with van der Waals surface area (Å²) < 4.78 is 21.3. The summed E-state index contributed by atoms with van der Waals surface area (Å²) in [4.78, 5) is 71.4. The minimum Gasteiger partial charge on any atom is -0.480 e. The summed E-state index contributed by atoms with van der Waals surface area (Å²) in [5, 5.41) is 8.45. The third-order valence-electron chi connectivity index (χ3n) is 14.4. The second kappa shape index (κ2) is 58.4. The summed E-state index contributed by atoms with van der Waals surface area (Å²) in [6.45, 7) is 8.51. The first-order valence-corrected chi connectivity index (χ1v) is 33.3. The van der Waals surface area contributed by atoms with E-state index in [2.05, 4.69) is 25.5 Å². The molecule has 0 aromatic heterocycles. The molecule has 0 heterocycles. The molecule has 0 aliphatic carbocycles. The standard InChI is InChI=1S/C54H103NO7S.C9H19N3O4/c1-5-8-11-14-17-20-23-26-29-32-35-38-41-44-50(56)60-48-54(4,62-52(58)46-43-40-37-34-31-28-25-22-19-16-13-10-7-3)63-47-49(55)53(59)61-51(57)45-42-39-36-33-30-27-24-21-18-15-12-9-6-2;10-4-2-1-3-6(11)9(15)16-5-7(12)8(13)14/h49H,5-48,55H2,1-4H3;6-7H,1-5,10-12H2,(H,13,14)/t49-,54-;6?,7-/m10/s1. The number of hydrogen-bond donors (Lipinski definition) is 5. The Kier molecular flexibility index (Phi) is 57.9. The maximum atomic E-state index is 13.1. The van der Waals surface area contributed by atoms with Crippen LogP contribution in [0.2, 0.25) is 0 Å². The number of unbranched alkanes of at least 4 members (excludes halogenated alkanes) is 37. The van der Waals surface area contributed by atoms with Gasteiger partial charge in [0.25, 0.3) is 0 Å². The van der Waals surface area contributed by atoms with E-state index in [0.29, 0.717) is 25.8 Å². The number of ether oxygens (including phenoxy) is 4. The highest BCUT2D eigenvalue weighted by molar-refractivity contribution is 8.00. The van der Waals surface area contributed by atoms with Gasteiger partial charge in [-0.15, -0.1) is 11.8 Å². The molecule has 0 rings (SSSR count). The Morgan fingerprint density at radius 1 is 0.418 bits per heavy atom. The number of rotatable bonds is 57. The molecule has 0 aromatic rings. The molecule has 0 aromatic carbocycles. The van der Waals surface area contributed by atoms with Crippen molar-refractivity contribution in [1.29, 1.82) is 0 Å². The van der Waals surface area contributed by atoms with Crippen LogP contribution in [0.5, 0.6) is 0 Å². The number of carboxylic acids is 1. The number of thioether (sulfide) groups is 1. The lowest BCUT2D eigenvalue weighted by atomic mass is 10.0. The summed E-state index contributed by atoms with van der Waals surface area (Å²) >= 11 is 1.15. The Balaban J connectivity index is 0. The fraction of sp³-hybridized carbons (Fsp3) is 0.905. The zero-order valence-electron chi connectivity index (χ0n) is 51.1. The summed E-state index contributed by atoms with van der Waals surface area (Å²) in [6.07, 6.45) is 50.5. The van der Waals surface area contributed by atoms with Gasteiger partial charge in [0.15, 0.2) is 4.93 Å². The largest absolute Gasteiger partial charge is 0.480 e. The van der Waals surface area contributed by atoms with Crippen LogP contribution in [0.15, 0.2) is 0 Å². The Morgan fingerprint density at radius 3 is 1.11 bits per heavy atom. The van der Waals surface area contributed by atoms with Crippen LogP contribution in [-0.2, 0) is 47.7 Å². The van der Waals surface area contributed by atoms with Gasteiger partial charge in [0.05, 0.1) is 0 Å². The summed E-state index contributed by atoms with van der Waals surface area (Å²) in [5.74, 6) is -3.83. The molecule has 0 saturated carbocycles. The van der Waals surface area contributed by atoms with Gasteiger partial charge in [0.2, 0.25) is 0 Å². The molecular formula is C63H122N4O11S. The average molecular weight is 1140 g/mol. The summed E-state index contributed by atoms with van der Waals surface area (Å²) in [5.41, 5.74) is 22.1. The van der Waals surface area contributed by atoms with Crippen molar-refractivity contribution in [1.82, 2.24) is 0 Å². The van der Waals surface area contributed by atoms with Gasteiger partial charge in [-0.1, -0.05) is 258 Å². The predicted octanol–water partition coefficient (Wildman–Crippen LogP) is 14.8. The van der Waals surface area contributed by atoms with E-state index in [1.54, 1.807) is 6.92 Å². The van der Waals surface area contributed by atoms with Gasteiger partial charge in [0.1, 0.15) is 31.3 Å². The number of nitrogens with two attached hydrogens (primary N) is 4. The first kappa shape index (κ1) is 78.3. The number of carbonyl (C=O) groups is 6. The Labute approximate surface area is 486 Å². The molecule has 15 nitrogen and oxygen atoms in total. The first-order valence-electron chi connectivity index (χ1n) is 32.3. The minimum absolute atomic E-state index is 0.0454. The van der Waals surface area contributed by atoms with E-state index in [0.717, 1.165) is 76.0 Å². The third-order valence-corrected chi connectivity index (χ3v) is 15.7. The fourth-order valence-electron chi connectivity index (χ4n) is 9.09. The van der Waals surface area contributed by atoms with Crippen molar-refractivity contribution < 1.29 is 52.8 Å². The van der Waals surface area contributed by atoms with Crippen molar-refractivity contribution in [3.8, 4) is 0 Å². The topological polar surface area (TPSA) is 264 Å². The zero-order valence-corrected chi connectivity index (χ0v) is 51.9. The molecule has 4 atom stereocenters. The van der Waals surface area contributed by atoms with Crippen LogP contribution in [0.1, 0.15) is 317 Å². The normalized spacial score (nSPS) is 13.1. The quantitative estimate of drug-likeness (QED) is 0.0125. The molecule has 0 amide bonds. The van der Waals surface area contributed by atoms with Gasteiger partial charge in [-0.25, -0.2) is 4.79 Å². The lowest BCUT2D eigenvalue weighted by Crippen LogP contribution is -2.40. The van der Waals surface area contributed by atoms with Gasteiger partial charge in [0, 0.05) is 25.0 Å². The van der Waals surface area contributed by atoms with E-state index in [1.165, 1.54) is 193 Å².